The zero-order valence-electron chi connectivity index (χ0n) is 15.3. The van der Waals surface area contributed by atoms with E-state index in [-0.39, 0.29) is 5.69 Å². The number of fused-ring (bicyclic) bond motifs is 1. The number of hydrogen-bond acceptors (Lipinski definition) is 7. The van der Waals surface area contributed by atoms with E-state index < -0.39 is 23.4 Å². The van der Waals surface area contributed by atoms with Gasteiger partial charge in [0.1, 0.15) is 0 Å². The fourth-order valence-electron chi connectivity index (χ4n) is 2.64. The summed E-state index contributed by atoms with van der Waals surface area (Å²) in [5.41, 5.74) is 1.52. The fourth-order valence-corrected chi connectivity index (χ4v) is 2.64. The lowest BCUT2D eigenvalue weighted by Crippen LogP contribution is -2.32. The van der Waals surface area contributed by atoms with E-state index in [0.29, 0.717) is 29.9 Å². The monoisotopic (exact) mass is 394 g/mol. The minimum atomic E-state index is -0.617. The zero-order chi connectivity index (χ0) is 20.6. The number of nitrogens with zero attached hydrogens (tertiary/aromatic N) is 2. The molecule has 0 radical (unpaired) electrons. The van der Waals surface area contributed by atoms with Crippen LogP contribution in [0.15, 0.2) is 60.8 Å². The number of carbonyl (C=O) groups excluding carboxylic acids is 2. The van der Waals surface area contributed by atoms with Gasteiger partial charge in [-0.3, -0.25) is 19.9 Å². The van der Waals surface area contributed by atoms with E-state index in [1.807, 2.05) is 12.1 Å². The second-order valence-electron chi connectivity index (χ2n) is 6.04. The fraction of sp³-hybridized carbons (Fsp3) is 0.150. The molecule has 9 nitrogen and oxygen atoms in total. The van der Waals surface area contributed by atoms with Crippen molar-refractivity contribution in [2.45, 2.75) is 0 Å². The van der Waals surface area contributed by atoms with E-state index in [1.54, 1.807) is 36.5 Å². The van der Waals surface area contributed by atoms with Crippen LogP contribution < -0.4 is 10.6 Å². The van der Waals surface area contributed by atoms with Crippen LogP contribution in [0.4, 0.5) is 11.4 Å². The van der Waals surface area contributed by atoms with Gasteiger partial charge in [-0.15, -0.1) is 0 Å². The Balaban J connectivity index is 1.41. The molecule has 3 rings (SSSR count). The van der Waals surface area contributed by atoms with Crippen molar-refractivity contribution in [2.75, 3.05) is 25.0 Å². The van der Waals surface area contributed by atoms with E-state index in [9.17, 15) is 19.7 Å². The summed E-state index contributed by atoms with van der Waals surface area (Å²) in [4.78, 5) is 38.4. The topological polar surface area (TPSA) is 123 Å². The number of rotatable bonds is 8. The van der Waals surface area contributed by atoms with Crippen LogP contribution in [-0.4, -0.2) is 41.5 Å². The third-order valence-electron chi connectivity index (χ3n) is 4.04. The summed E-state index contributed by atoms with van der Waals surface area (Å²) in [6.07, 6.45) is 1.59. The smallest absolute Gasteiger partial charge is 0.340 e. The maximum atomic E-state index is 12.3. The average molecular weight is 394 g/mol. The minimum Gasteiger partial charge on any atom is -0.452 e. The van der Waals surface area contributed by atoms with Gasteiger partial charge in [0.05, 0.1) is 16.0 Å². The number of amides is 1. The van der Waals surface area contributed by atoms with Gasteiger partial charge in [0.25, 0.3) is 11.6 Å². The average Bonchev–Trinajstić information content (AvgIpc) is 2.75. The largest absolute Gasteiger partial charge is 0.452 e. The number of anilines is 1. The second-order valence-corrected chi connectivity index (χ2v) is 6.04. The molecule has 0 unspecified atom stereocenters. The number of nitrogens with one attached hydrogen (secondary N) is 2. The number of non-ortho nitro benzene ring substituents is 1. The molecule has 148 valence electrons. The van der Waals surface area contributed by atoms with Crippen LogP contribution in [0.1, 0.15) is 10.4 Å². The van der Waals surface area contributed by atoms with Crippen molar-refractivity contribution in [2.24, 2.45) is 0 Å². The summed E-state index contributed by atoms with van der Waals surface area (Å²) < 4.78 is 5.07. The summed E-state index contributed by atoms with van der Waals surface area (Å²) in [5.74, 6) is -1.05. The van der Waals surface area contributed by atoms with Crippen molar-refractivity contribution < 1.29 is 19.2 Å². The summed E-state index contributed by atoms with van der Waals surface area (Å²) >= 11 is 0. The Morgan fingerprint density at radius 1 is 1.03 bits per heavy atom. The van der Waals surface area contributed by atoms with E-state index in [0.717, 1.165) is 5.39 Å². The van der Waals surface area contributed by atoms with Crippen LogP contribution >= 0.6 is 0 Å². The Morgan fingerprint density at radius 3 is 2.55 bits per heavy atom. The molecule has 0 aliphatic heterocycles. The highest BCUT2D eigenvalue weighted by Gasteiger charge is 2.14. The first-order valence-electron chi connectivity index (χ1n) is 8.80. The molecule has 0 fully saturated rings. The Hall–Kier alpha value is -4.01. The van der Waals surface area contributed by atoms with Crippen molar-refractivity contribution in [3.05, 3.63) is 76.5 Å². The summed E-state index contributed by atoms with van der Waals surface area (Å²) in [6, 6.07) is 14.7. The van der Waals surface area contributed by atoms with Gasteiger partial charge in [-0.25, -0.2) is 4.79 Å². The zero-order valence-corrected chi connectivity index (χ0v) is 15.3. The number of esters is 1. The van der Waals surface area contributed by atoms with Gasteiger partial charge in [-0.2, -0.15) is 0 Å². The molecule has 29 heavy (non-hydrogen) atoms. The first-order chi connectivity index (χ1) is 14.0. The lowest BCUT2D eigenvalue weighted by molar-refractivity contribution is -0.384. The molecule has 1 amide bonds. The lowest BCUT2D eigenvalue weighted by Gasteiger charge is -2.09. The van der Waals surface area contributed by atoms with Crippen LogP contribution in [0.3, 0.4) is 0 Å². The van der Waals surface area contributed by atoms with Gasteiger partial charge in [-0.1, -0.05) is 18.2 Å². The van der Waals surface area contributed by atoms with Gasteiger partial charge in [-0.05, 0) is 24.3 Å². The molecule has 1 aromatic heterocycles. The first kappa shape index (κ1) is 19.7. The Kier molecular flexibility index (Phi) is 6.31. The molecule has 3 aromatic rings. The van der Waals surface area contributed by atoms with Gasteiger partial charge in [0.15, 0.2) is 6.61 Å². The maximum absolute atomic E-state index is 12.3. The number of para-hydroxylation sites is 1. The summed E-state index contributed by atoms with van der Waals surface area (Å²) in [5, 5.41) is 17.1. The molecular weight excluding hydrogens is 376 g/mol. The van der Waals surface area contributed by atoms with E-state index in [4.69, 9.17) is 4.74 Å². The van der Waals surface area contributed by atoms with Crippen molar-refractivity contribution >= 4 is 34.2 Å². The predicted octanol–water partition coefficient (Wildman–Crippen LogP) is 2.53. The Morgan fingerprint density at radius 2 is 1.79 bits per heavy atom. The molecule has 1 heterocycles. The molecule has 0 saturated heterocycles. The van der Waals surface area contributed by atoms with Gasteiger partial charge < -0.3 is 15.4 Å². The molecule has 2 aromatic carbocycles. The summed E-state index contributed by atoms with van der Waals surface area (Å²) in [6.45, 7) is 0.299. The number of pyridine rings is 1. The normalized spacial score (nSPS) is 10.3. The second kappa shape index (κ2) is 9.27. The Labute approximate surface area is 165 Å². The molecule has 9 heteroatoms. The third-order valence-corrected chi connectivity index (χ3v) is 4.04. The van der Waals surface area contributed by atoms with Crippen molar-refractivity contribution in [1.82, 2.24) is 10.3 Å². The third kappa shape index (κ3) is 5.25. The predicted molar refractivity (Wildman–Crippen MR) is 107 cm³/mol. The number of nitro benzene ring substituents is 1. The molecule has 0 bridgehead atoms. The molecule has 0 spiro atoms. The van der Waals surface area contributed by atoms with Crippen molar-refractivity contribution in [1.29, 1.82) is 0 Å². The van der Waals surface area contributed by atoms with Gasteiger partial charge in [0, 0.05) is 42.5 Å². The molecular formula is C20H18N4O5. The number of hydrogen-bond donors (Lipinski definition) is 2. The van der Waals surface area contributed by atoms with Gasteiger partial charge >= 0.3 is 5.97 Å². The highest BCUT2D eigenvalue weighted by molar-refractivity contribution is 6.03. The molecule has 0 saturated carbocycles. The van der Waals surface area contributed by atoms with Crippen molar-refractivity contribution in [3.8, 4) is 0 Å². The van der Waals surface area contributed by atoms with Crippen LogP contribution in [0, 0.1) is 10.1 Å². The van der Waals surface area contributed by atoms with Crippen LogP contribution in [0.25, 0.3) is 10.9 Å². The van der Waals surface area contributed by atoms with Crippen LogP contribution in [0.2, 0.25) is 0 Å². The number of ether oxygens (including phenoxy) is 1. The molecule has 0 aliphatic carbocycles. The Bertz CT molecular complexity index is 1030. The molecule has 0 aliphatic rings. The maximum Gasteiger partial charge on any atom is 0.340 e. The van der Waals surface area contributed by atoms with Crippen molar-refractivity contribution in [3.63, 3.8) is 0 Å². The number of nitro groups is 1. The minimum absolute atomic E-state index is 0.00654. The lowest BCUT2D eigenvalue weighted by atomic mass is 10.1. The standard InChI is InChI=1S/C20H18N4O5/c25-18(22-12-11-21-15-6-8-16(9-7-15)24(27)28)13-29-20(26)17-5-1-3-14-4-2-10-23-19(14)17/h1-10,21H,11-13H2,(H,22,25). The molecule has 0 atom stereocenters. The van der Waals surface area contributed by atoms with Gasteiger partial charge in [0.2, 0.25) is 0 Å². The van der Waals surface area contributed by atoms with E-state index >= 15 is 0 Å². The van der Waals surface area contributed by atoms with Crippen LogP contribution in [0.5, 0.6) is 0 Å². The first-order valence-corrected chi connectivity index (χ1v) is 8.80. The number of benzene rings is 2. The van der Waals surface area contributed by atoms with E-state index in [2.05, 4.69) is 15.6 Å². The van der Waals surface area contributed by atoms with E-state index in [1.165, 1.54) is 12.1 Å². The SMILES string of the molecule is O=C(COC(=O)c1cccc2cccnc12)NCCNc1ccc([N+](=O)[O-])cc1. The highest BCUT2D eigenvalue weighted by atomic mass is 16.6. The number of aromatic nitrogens is 1. The van der Waals surface area contributed by atoms with Crippen LogP contribution in [-0.2, 0) is 9.53 Å². The highest BCUT2D eigenvalue weighted by Crippen LogP contribution is 2.17. The molecule has 2 N–H and O–H groups in total. The number of carbonyl (C=O) groups is 2. The quantitative estimate of drug-likeness (QED) is 0.260. The summed E-state index contributed by atoms with van der Waals surface area (Å²) in [7, 11) is 0.